The summed E-state index contributed by atoms with van der Waals surface area (Å²) in [6.45, 7) is 7.81. The number of nitrogens with one attached hydrogen (secondary N) is 1. The standard InChI is InChI=1S/C3H8N.C3H6.CH3.H2N.12V/c1-2-3-4;1-3-2;;;;;;;;;;;;;;/h4H,2-3H2,1H3;3H,1H2,2H3;1H3;1H2;;;;;;;;;;;;/q-1;;2*-1;;;;;;;;;;;;. The SMILES string of the molecule is C=CC.CCC[NH-].[CH3-].[NH2-].[V].[V].[V].[V].[V].[V].[V].[V].[V].[V].[V].[V]. The first-order valence-corrected chi connectivity index (χ1v) is 2.55. The van der Waals surface area contributed by atoms with Crippen LogP contribution in [0.5, 0.6) is 0 Å². The van der Waals surface area contributed by atoms with Crippen molar-refractivity contribution in [2.75, 3.05) is 6.54 Å². The number of hydrogen-bond donors (Lipinski definition) is 0. The molecule has 0 aliphatic heterocycles. The summed E-state index contributed by atoms with van der Waals surface area (Å²) in [6.07, 6.45) is 2.74. The van der Waals surface area contributed by atoms with E-state index in [1.54, 1.807) is 6.08 Å². The van der Waals surface area contributed by atoms with Crippen LogP contribution < -0.4 is 0 Å². The average Bonchev–Trinajstić information content (AvgIpc) is 1.69. The van der Waals surface area contributed by atoms with Gasteiger partial charge in [0.05, 0.1) is 0 Å². The van der Waals surface area contributed by atoms with E-state index in [-0.39, 0.29) is 236 Å². The molecular formula is C7H19N2V12-3. The van der Waals surface area contributed by atoms with Gasteiger partial charge in [0.1, 0.15) is 0 Å². The third kappa shape index (κ3) is 276. The fraction of sp³-hybridized carbons (Fsp3) is 0.571. The second-order valence-electron chi connectivity index (χ2n) is 1.16. The van der Waals surface area contributed by atoms with Gasteiger partial charge in [0, 0.05) is 223 Å². The molecule has 0 saturated carbocycles. The molecule has 0 aliphatic rings. The Morgan fingerprint density at radius 1 is 0.714 bits per heavy atom. The summed E-state index contributed by atoms with van der Waals surface area (Å²) in [7, 11) is 0. The van der Waals surface area contributed by atoms with E-state index < -0.39 is 0 Å². The van der Waals surface area contributed by atoms with E-state index in [2.05, 4.69) is 6.58 Å². The minimum atomic E-state index is 0. The molecule has 3 N–H and O–H groups in total. The summed E-state index contributed by atoms with van der Waals surface area (Å²) in [5.74, 6) is 0. The van der Waals surface area contributed by atoms with Crippen molar-refractivity contribution in [2.24, 2.45) is 0 Å². The Morgan fingerprint density at radius 2 is 0.762 bits per heavy atom. The van der Waals surface area contributed by atoms with E-state index in [0.717, 1.165) is 6.42 Å². The van der Waals surface area contributed by atoms with Gasteiger partial charge in [0.2, 0.25) is 0 Å². The molecule has 0 bridgehead atoms. The Labute approximate surface area is 276 Å². The van der Waals surface area contributed by atoms with Crippen LogP contribution in [0.2, 0.25) is 0 Å². The van der Waals surface area contributed by atoms with E-state index in [4.69, 9.17) is 5.73 Å². The predicted molar refractivity (Wildman–Crippen MR) is 47.0 cm³/mol. The van der Waals surface area contributed by atoms with E-state index in [1.807, 2.05) is 13.8 Å². The summed E-state index contributed by atoms with van der Waals surface area (Å²) in [5, 5.41) is 0. The zero-order chi connectivity index (χ0) is 6.12. The van der Waals surface area contributed by atoms with Gasteiger partial charge in [-0.05, 0) is 6.92 Å². The maximum atomic E-state index is 6.45. The van der Waals surface area contributed by atoms with E-state index in [0.29, 0.717) is 6.54 Å². The molecule has 0 amide bonds. The third-order valence-corrected chi connectivity index (χ3v) is 0.250. The van der Waals surface area contributed by atoms with Crippen LogP contribution in [0.25, 0.3) is 11.9 Å². The number of hydrogen-bond acceptors (Lipinski definition) is 0. The number of nitrogens with two attached hydrogens (primary N) is 1. The van der Waals surface area contributed by atoms with E-state index in [9.17, 15) is 0 Å². The van der Waals surface area contributed by atoms with Gasteiger partial charge in [-0.1, -0.05) is 19.4 Å². The first kappa shape index (κ1) is 144. The molecule has 21 heavy (non-hydrogen) atoms. The summed E-state index contributed by atoms with van der Waals surface area (Å²) in [6, 6.07) is 0. The fourth-order valence-electron chi connectivity index (χ4n) is 0. The first-order valence-electron chi connectivity index (χ1n) is 2.55. The Kier molecular flexibility index (Phi) is 1290. The minimum absolute atomic E-state index is 0. The molecule has 12 radical (unpaired) electrons. The maximum absolute atomic E-state index is 6.45. The van der Waals surface area contributed by atoms with E-state index >= 15 is 0 Å². The van der Waals surface area contributed by atoms with Gasteiger partial charge in [-0.2, -0.15) is 6.54 Å². The monoisotopic (exact) mass is 742 g/mol. The largest absolute Gasteiger partial charge is 0.693 e. The second-order valence-corrected chi connectivity index (χ2v) is 1.16. The van der Waals surface area contributed by atoms with Crippen LogP contribution in [0.15, 0.2) is 12.7 Å². The topological polar surface area (TPSA) is 57.3 Å². The van der Waals surface area contributed by atoms with Crippen LogP contribution in [0.3, 0.4) is 0 Å². The molecule has 0 aliphatic carbocycles. The van der Waals surface area contributed by atoms with Crippen LogP contribution in [-0.2, 0) is 223 Å². The Balaban J connectivity index is -0.00000000103. The second kappa shape index (κ2) is 188. The van der Waals surface area contributed by atoms with Crippen molar-refractivity contribution in [1.29, 1.82) is 0 Å². The zero-order valence-corrected chi connectivity index (χ0v) is 28.9. The molecule has 0 aromatic rings. The Morgan fingerprint density at radius 3 is 0.762 bits per heavy atom. The molecule has 0 spiro atoms. The summed E-state index contributed by atoms with van der Waals surface area (Å²) < 4.78 is 0. The third-order valence-electron chi connectivity index (χ3n) is 0.250. The van der Waals surface area contributed by atoms with Crippen molar-refractivity contribution < 1.29 is 223 Å². The predicted octanol–water partition coefficient (Wildman–Crippen LogP) is 3.78. The molecule has 120 valence electrons. The molecular weight excluding hydrogens is 723 g/mol. The Hall–Kier alpha value is 6.67. The molecule has 0 unspecified atom stereocenters. The molecule has 0 aromatic heterocycles. The molecule has 14 heteroatoms. The minimum Gasteiger partial charge on any atom is -0.693 e. The smallest absolute Gasteiger partial charge is 0 e. The van der Waals surface area contributed by atoms with Gasteiger partial charge in [-0.25, -0.2) is 0 Å². The summed E-state index contributed by atoms with van der Waals surface area (Å²) >= 11 is 0. The van der Waals surface area contributed by atoms with Crippen LogP contribution in [-0.4, -0.2) is 6.54 Å². The normalized spacial score (nSPS) is 2.05. The van der Waals surface area contributed by atoms with Gasteiger partial charge < -0.3 is 19.3 Å². The van der Waals surface area contributed by atoms with Gasteiger partial charge in [-0.15, -0.1) is 6.58 Å². The van der Waals surface area contributed by atoms with Gasteiger partial charge in [-0.3, -0.25) is 0 Å². The van der Waals surface area contributed by atoms with Gasteiger partial charge >= 0.3 is 0 Å². The average molecular weight is 743 g/mol. The van der Waals surface area contributed by atoms with Crippen molar-refractivity contribution in [1.82, 2.24) is 0 Å². The van der Waals surface area contributed by atoms with Gasteiger partial charge in [0.25, 0.3) is 0 Å². The number of rotatable bonds is 1. The molecule has 0 heterocycles. The molecule has 0 atom stereocenters. The van der Waals surface area contributed by atoms with Crippen molar-refractivity contribution >= 4 is 0 Å². The summed E-state index contributed by atoms with van der Waals surface area (Å²) in [5.41, 5.74) is 6.45. The molecule has 0 saturated heterocycles. The fourth-order valence-corrected chi connectivity index (χ4v) is 0. The quantitative estimate of drug-likeness (QED) is 0.291. The maximum Gasteiger partial charge on any atom is 0 e. The molecule has 0 aromatic carbocycles. The van der Waals surface area contributed by atoms with Crippen LogP contribution in [0.1, 0.15) is 20.3 Å². The van der Waals surface area contributed by atoms with Crippen LogP contribution >= 0.6 is 0 Å². The number of allylic oxidation sites excluding steroid dienone is 1. The first-order chi connectivity index (χ1) is 3.33. The van der Waals surface area contributed by atoms with Crippen LogP contribution in [0, 0.1) is 7.43 Å². The molecule has 2 nitrogen and oxygen atoms in total. The summed E-state index contributed by atoms with van der Waals surface area (Å²) in [4.78, 5) is 0. The van der Waals surface area contributed by atoms with Crippen LogP contribution in [0.4, 0.5) is 0 Å². The van der Waals surface area contributed by atoms with Crippen molar-refractivity contribution in [3.63, 3.8) is 0 Å². The van der Waals surface area contributed by atoms with Crippen molar-refractivity contribution in [2.45, 2.75) is 20.3 Å². The zero-order valence-electron chi connectivity index (χ0n) is 12.1. The van der Waals surface area contributed by atoms with Crippen molar-refractivity contribution in [3.8, 4) is 0 Å². The molecule has 0 fully saturated rings. The van der Waals surface area contributed by atoms with E-state index in [1.165, 1.54) is 0 Å². The van der Waals surface area contributed by atoms with Crippen molar-refractivity contribution in [3.05, 3.63) is 32.0 Å². The Bertz CT molecular complexity index is 46.8. The molecule has 0 rings (SSSR count). The van der Waals surface area contributed by atoms with Gasteiger partial charge in [0.15, 0.2) is 0 Å².